The standard InChI is InChI=1S/C20H24N2O3/c1-3-4-6-11-18(17-14-15(2)12-13-19(17)23)22-25-20(24)21-16-9-7-5-8-10-16/h5,7-10,12-14,23H,3-4,6,11H2,1-2H3,(H,21,24)/b22-18+. The van der Waals surface area contributed by atoms with Crippen LogP contribution in [0.1, 0.15) is 43.7 Å². The van der Waals surface area contributed by atoms with Gasteiger partial charge in [0, 0.05) is 11.3 Å². The summed E-state index contributed by atoms with van der Waals surface area (Å²) in [7, 11) is 0. The molecule has 5 heteroatoms. The zero-order valence-corrected chi connectivity index (χ0v) is 14.7. The zero-order valence-electron chi connectivity index (χ0n) is 14.7. The number of para-hydroxylation sites is 1. The van der Waals surface area contributed by atoms with Gasteiger partial charge in [-0.2, -0.15) is 0 Å². The smallest absolute Gasteiger partial charge is 0.437 e. The highest BCUT2D eigenvalue weighted by atomic mass is 16.7. The molecule has 0 spiro atoms. The van der Waals surface area contributed by atoms with Crippen LogP contribution in [0.15, 0.2) is 53.7 Å². The number of amides is 1. The Morgan fingerprint density at radius 1 is 1.16 bits per heavy atom. The highest BCUT2D eigenvalue weighted by molar-refractivity contribution is 6.03. The van der Waals surface area contributed by atoms with Crippen molar-refractivity contribution in [1.82, 2.24) is 0 Å². The molecule has 0 radical (unpaired) electrons. The Kier molecular flexibility index (Phi) is 7.01. The summed E-state index contributed by atoms with van der Waals surface area (Å²) in [4.78, 5) is 16.9. The van der Waals surface area contributed by atoms with Gasteiger partial charge in [0.05, 0.1) is 5.71 Å². The van der Waals surface area contributed by atoms with Gasteiger partial charge in [0.25, 0.3) is 0 Å². The lowest BCUT2D eigenvalue weighted by Crippen LogP contribution is -2.13. The second kappa shape index (κ2) is 9.47. The van der Waals surface area contributed by atoms with Crippen LogP contribution in [0.4, 0.5) is 10.5 Å². The molecule has 1 amide bonds. The van der Waals surface area contributed by atoms with Gasteiger partial charge in [0.2, 0.25) is 0 Å². The zero-order chi connectivity index (χ0) is 18.1. The van der Waals surface area contributed by atoms with Crippen LogP contribution in [0.5, 0.6) is 5.75 Å². The average Bonchev–Trinajstić information content (AvgIpc) is 2.61. The minimum Gasteiger partial charge on any atom is -0.507 e. The average molecular weight is 340 g/mol. The SMILES string of the molecule is CCCCC/C(=N\OC(=O)Nc1ccccc1)c1cc(C)ccc1O. The molecule has 2 aromatic carbocycles. The van der Waals surface area contributed by atoms with E-state index in [1.165, 1.54) is 0 Å². The van der Waals surface area contributed by atoms with Gasteiger partial charge in [-0.3, -0.25) is 10.2 Å². The van der Waals surface area contributed by atoms with Gasteiger partial charge >= 0.3 is 6.09 Å². The second-order valence-electron chi connectivity index (χ2n) is 5.89. The summed E-state index contributed by atoms with van der Waals surface area (Å²) in [6.45, 7) is 4.06. The monoisotopic (exact) mass is 340 g/mol. The number of anilines is 1. The number of aryl methyl sites for hydroxylation is 1. The predicted molar refractivity (Wildman–Crippen MR) is 100 cm³/mol. The number of rotatable bonds is 7. The molecule has 0 fully saturated rings. The molecule has 0 aliphatic heterocycles. The fourth-order valence-corrected chi connectivity index (χ4v) is 2.41. The van der Waals surface area contributed by atoms with E-state index < -0.39 is 6.09 Å². The molecule has 132 valence electrons. The molecule has 0 unspecified atom stereocenters. The fourth-order valence-electron chi connectivity index (χ4n) is 2.41. The number of carbonyl (C=O) groups excluding carboxylic acids is 1. The van der Waals surface area contributed by atoms with Gasteiger partial charge in [-0.25, -0.2) is 4.79 Å². The number of nitrogens with one attached hydrogen (secondary N) is 1. The van der Waals surface area contributed by atoms with Crippen molar-refractivity contribution in [2.75, 3.05) is 5.32 Å². The Bertz CT molecular complexity index is 727. The first-order valence-corrected chi connectivity index (χ1v) is 8.50. The molecule has 0 saturated heterocycles. The van der Waals surface area contributed by atoms with Crippen molar-refractivity contribution >= 4 is 17.5 Å². The molecule has 2 rings (SSSR count). The quantitative estimate of drug-likeness (QED) is 0.314. The summed E-state index contributed by atoms with van der Waals surface area (Å²) in [5.41, 5.74) is 2.81. The summed E-state index contributed by atoms with van der Waals surface area (Å²) in [6, 6.07) is 14.3. The molecule has 2 N–H and O–H groups in total. The molecule has 2 aromatic rings. The van der Waals surface area contributed by atoms with Crippen LogP contribution >= 0.6 is 0 Å². The van der Waals surface area contributed by atoms with Gasteiger partial charge in [0.1, 0.15) is 5.75 Å². The Balaban J connectivity index is 2.12. The lowest BCUT2D eigenvalue weighted by atomic mass is 10.0. The number of benzene rings is 2. The van der Waals surface area contributed by atoms with Crippen LogP contribution in [0.2, 0.25) is 0 Å². The maximum atomic E-state index is 11.9. The molecule has 0 saturated carbocycles. The highest BCUT2D eigenvalue weighted by Gasteiger charge is 2.12. The van der Waals surface area contributed by atoms with E-state index in [1.807, 2.05) is 37.3 Å². The van der Waals surface area contributed by atoms with Crippen molar-refractivity contribution in [2.45, 2.75) is 39.5 Å². The molecular weight excluding hydrogens is 316 g/mol. The van der Waals surface area contributed by atoms with Gasteiger partial charge in [-0.1, -0.05) is 54.8 Å². The second-order valence-corrected chi connectivity index (χ2v) is 5.89. The van der Waals surface area contributed by atoms with Crippen molar-refractivity contribution in [2.24, 2.45) is 5.16 Å². The van der Waals surface area contributed by atoms with E-state index in [1.54, 1.807) is 18.2 Å². The molecule has 25 heavy (non-hydrogen) atoms. The lowest BCUT2D eigenvalue weighted by molar-refractivity contribution is 0.166. The van der Waals surface area contributed by atoms with E-state index in [0.29, 0.717) is 23.4 Å². The summed E-state index contributed by atoms with van der Waals surface area (Å²) >= 11 is 0. The van der Waals surface area contributed by atoms with Gasteiger partial charge in [0.15, 0.2) is 0 Å². The van der Waals surface area contributed by atoms with E-state index in [-0.39, 0.29) is 5.75 Å². The Labute approximate surface area is 148 Å². The van der Waals surface area contributed by atoms with Crippen LogP contribution in [0.25, 0.3) is 0 Å². The Morgan fingerprint density at radius 3 is 2.64 bits per heavy atom. The molecular formula is C20H24N2O3. The first-order chi connectivity index (χ1) is 12.1. The lowest BCUT2D eigenvalue weighted by Gasteiger charge is -2.09. The predicted octanol–water partition coefficient (Wildman–Crippen LogP) is 5.23. The molecule has 0 aliphatic rings. The van der Waals surface area contributed by atoms with E-state index in [4.69, 9.17) is 4.84 Å². The van der Waals surface area contributed by atoms with Crippen LogP contribution in [0, 0.1) is 6.92 Å². The van der Waals surface area contributed by atoms with E-state index in [2.05, 4.69) is 17.4 Å². The summed E-state index contributed by atoms with van der Waals surface area (Å²) < 4.78 is 0. The molecule has 0 aliphatic carbocycles. The van der Waals surface area contributed by atoms with Crippen LogP contribution < -0.4 is 5.32 Å². The normalized spacial score (nSPS) is 11.2. The molecule has 0 atom stereocenters. The van der Waals surface area contributed by atoms with Crippen LogP contribution in [-0.2, 0) is 4.84 Å². The summed E-state index contributed by atoms with van der Waals surface area (Å²) in [6.07, 6.45) is 2.99. The number of nitrogens with zero attached hydrogens (tertiary/aromatic N) is 1. The highest BCUT2D eigenvalue weighted by Crippen LogP contribution is 2.22. The number of phenolic OH excluding ortho intramolecular Hbond substituents is 1. The number of oxime groups is 1. The van der Waals surface area contributed by atoms with Crippen LogP contribution in [-0.4, -0.2) is 16.9 Å². The van der Waals surface area contributed by atoms with E-state index in [9.17, 15) is 9.90 Å². The van der Waals surface area contributed by atoms with Crippen molar-refractivity contribution < 1.29 is 14.7 Å². The van der Waals surface area contributed by atoms with Gasteiger partial charge in [-0.05, 0) is 44.0 Å². The first-order valence-electron chi connectivity index (χ1n) is 8.50. The Hall–Kier alpha value is -2.82. The number of aromatic hydroxyl groups is 1. The number of hydrogen-bond acceptors (Lipinski definition) is 4. The van der Waals surface area contributed by atoms with Crippen molar-refractivity contribution in [1.29, 1.82) is 0 Å². The maximum absolute atomic E-state index is 11.9. The first kappa shape index (κ1) is 18.5. The fraction of sp³-hybridized carbons (Fsp3) is 0.300. The molecule has 5 nitrogen and oxygen atoms in total. The topological polar surface area (TPSA) is 70.9 Å². The van der Waals surface area contributed by atoms with Crippen molar-refractivity contribution in [3.63, 3.8) is 0 Å². The van der Waals surface area contributed by atoms with E-state index in [0.717, 1.165) is 24.8 Å². The van der Waals surface area contributed by atoms with Gasteiger partial charge < -0.3 is 5.11 Å². The summed E-state index contributed by atoms with van der Waals surface area (Å²) in [5.74, 6) is 0.132. The van der Waals surface area contributed by atoms with Crippen LogP contribution in [0.3, 0.4) is 0 Å². The Morgan fingerprint density at radius 2 is 1.92 bits per heavy atom. The number of phenols is 1. The molecule has 0 aromatic heterocycles. The third kappa shape index (κ3) is 5.95. The van der Waals surface area contributed by atoms with E-state index >= 15 is 0 Å². The van der Waals surface area contributed by atoms with Crippen molar-refractivity contribution in [3.05, 3.63) is 59.7 Å². The largest absolute Gasteiger partial charge is 0.507 e. The van der Waals surface area contributed by atoms with Crippen molar-refractivity contribution in [3.8, 4) is 5.75 Å². The third-order valence-electron chi connectivity index (χ3n) is 3.74. The number of hydrogen-bond donors (Lipinski definition) is 2. The minimum atomic E-state index is -0.661. The summed E-state index contributed by atoms with van der Waals surface area (Å²) in [5, 5.41) is 16.7. The third-order valence-corrected chi connectivity index (χ3v) is 3.74. The molecule has 0 bridgehead atoms. The number of unbranched alkanes of at least 4 members (excludes halogenated alkanes) is 2. The minimum absolute atomic E-state index is 0.132. The van der Waals surface area contributed by atoms with Gasteiger partial charge in [-0.15, -0.1) is 0 Å². The molecule has 0 heterocycles. The number of carbonyl (C=O) groups is 1. The maximum Gasteiger partial charge on any atom is 0.437 e.